The molecular formula is C10H11Cl2N3O. The van der Waals surface area contributed by atoms with Crippen molar-refractivity contribution in [2.45, 2.75) is 0 Å². The van der Waals surface area contributed by atoms with E-state index in [0.29, 0.717) is 15.6 Å². The Morgan fingerprint density at radius 2 is 1.94 bits per heavy atom. The van der Waals surface area contributed by atoms with Crippen LogP contribution in [0.4, 0.5) is 4.79 Å². The van der Waals surface area contributed by atoms with Crippen LogP contribution in [0.25, 0.3) is 0 Å². The van der Waals surface area contributed by atoms with Crippen LogP contribution in [0, 0.1) is 0 Å². The molecule has 0 atom stereocenters. The van der Waals surface area contributed by atoms with Gasteiger partial charge in [0.05, 0.1) is 16.3 Å². The maximum Gasteiger partial charge on any atom is 0.337 e. The zero-order chi connectivity index (χ0) is 12.1. The number of rotatable bonds is 2. The van der Waals surface area contributed by atoms with Crippen molar-refractivity contribution in [3.63, 3.8) is 0 Å². The average Bonchev–Trinajstić information content (AvgIpc) is 2.22. The van der Waals surface area contributed by atoms with Crippen LogP contribution in [0.5, 0.6) is 0 Å². The van der Waals surface area contributed by atoms with Crippen molar-refractivity contribution >= 4 is 35.4 Å². The SMILES string of the molecule is CN(C)C(=O)N/N=C/c1c(Cl)cccc1Cl. The van der Waals surface area contributed by atoms with Crippen LogP contribution in [0.15, 0.2) is 23.3 Å². The first kappa shape index (κ1) is 12.8. The van der Waals surface area contributed by atoms with Gasteiger partial charge in [0, 0.05) is 19.7 Å². The zero-order valence-electron chi connectivity index (χ0n) is 8.87. The van der Waals surface area contributed by atoms with Crippen molar-refractivity contribution in [2.75, 3.05) is 14.1 Å². The molecule has 0 spiro atoms. The van der Waals surface area contributed by atoms with E-state index in [-0.39, 0.29) is 6.03 Å². The summed E-state index contributed by atoms with van der Waals surface area (Å²) in [5.74, 6) is 0. The van der Waals surface area contributed by atoms with E-state index in [2.05, 4.69) is 10.5 Å². The molecule has 0 aromatic heterocycles. The Labute approximate surface area is 104 Å². The molecule has 0 unspecified atom stereocenters. The third-order valence-electron chi connectivity index (χ3n) is 1.76. The van der Waals surface area contributed by atoms with E-state index in [4.69, 9.17) is 23.2 Å². The summed E-state index contributed by atoms with van der Waals surface area (Å²) in [6, 6.07) is 4.81. The molecule has 16 heavy (non-hydrogen) atoms. The molecule has 6 heteroatoms. The first-order valence-corrected chi connectivity index (χ1v) is 5.22. The van der Waals surface area contributed by atoms with E-state index >= 15 is 0 Å². The van der Waals surface area contributed by atoms with Crippen molar-refractivity contribution in [2.24, 2.45) is 5.10 Å². The summed E-state index contributed by atoms with van der Waals surface area (Å²) in [5.41, 5.74) is 2.90. The highest BCUT2D eigenvalue weighted by Crippen LogP contribution is 2.21. The van der Waals surface area contributed by atoms with Gasteiger partial charge in [0.2, 0.25) is 0 Å². The van der Waals surface area contributed by atoms with Gasteiger partial charge in [-0.15, -0.1) is 0 Å². The fourth-order valence-electron chi connectivity index (χ4n) is 0.886. The van der Waals surface area contributed by atoms with Crippen molar-refractivity contribution in [1.29, 1.82) is 0 Å². The highest BCUT2D eigenvalue weighted by Gasteiger charge is 2.03. The van der Waals surface area contributed by atoms with E-state index in [1.807, 2.05) is 0 Å². The Morgan fingerprint density at radius 1 is 1.38 bits per heavy atom. The first-order chi connectivity index (χ1) is 7.52. The quantitative estimate of drug-likeness (QED) is 0.644. The lowest BCUT2D eigenvalue weighted by Crippen LogP contribution is -2.31. The molecule has 1 aromatic carbocycles. The number of carbonyl (C=O) groups is 1. The van der Waals surface area contributed by atoms with Crippen molar-refractivity contribution in [3.8, 4) is 0 Å². The van der Waals surface area contributed by atoms with E-state index in [1.165, 1.54) is 11.1 Å². The van der Waals surface area contributed by atoms with Gasteiger partial charge >= 0.3 is 6.03 Å². The number of amides is 2. The molecule has 0 heterocycles. The summed E-state index contributed by atoms with van der Waals surface area (Å²) in [4.78, 5) is 12.5. The average molecular weight is 260 g/mol. The van der Waals surface area contributed by atoms with Gasteiger partial charge in [-0.25, -0.2) is 10.2 Å². The van der Waals surface area contributed by atoms with Gasteiger partial charge in [-0.1, -0.05) is 29.3 Å². The second-order valence-corrected chi connectivity index (χ2v) is 4.02. The maximum absolute atomic E-state index is 11.1. The van der Waals surface area contributed by atoms with E-state index in [9.17, 15) is 4.79 Å². The molecule has 4 nitrogen and oxygen atoms in total. The van der Waals surface area contributed by atoms with Gasteiger partial charge in [-0.2, -0.15) is 5.10 Å². The number of hydrogen-bond acceptors (Lipinski definition) is 2. The summed E-state index contributed by atoms with van der Waals surface area (Å²) in [7, 11) is 3.24. The molecule has 1 rings (SSSR count). The summed E-state index contributed by atoms with van der Waals surface area (Å²) >= 11 is 11.8. The largest absolute Gasteiger partial charge is 0.337 e. The number of nitrogens with zero attached hydrogens (tertiary/aromatic N) is 2. The predicted molar refractivity (Wildman–Crippen MR) is 66.3 cm³/mol. The van der Waals surface area contributed by atoms with Crippen molar-refractivity contribution in [3.05, 3.63) is 33.8 Å². The number of carbonyl (C=O) groups excluding carboxylic acids is 1. The molecule has 0 aliphatic rings. The summed E-state index contributed by atoms with van der Waals surface area (Å²) in [6.45, 7) is 0. The van der Waals surface area contributed by atoms with Gasteiger partial charge in [0.1, 0.15) is 0 Å². The predicted octanol–water partition coefficient (Wildman–Crippen LogP) is 2.60. The normalized spacial score (nSPS) is 10.5. The number of hydrogen-bond donors (Lipinski definition) is 1. The van der Waals surface area contributed by atoms with E-state index < -0.39 is 0 Å². The molecule has 0 saturated carbocycles. The second kappa shape index (κ2) is 5.72. The molecule has 1 aromatic rings. The van der Waals surface area contributed by atoms with Gasteiger partial charge in [-0.05, 0) is 12.1 Å². The number of nitrogens with one attached hydrogen (secondary N) is 1. The topological polar surface area (TPSA) is 44.7 Å². The number of benzene rings is 1. The van der Waals surface area contributed by atoms with E-state index in [1.54, 1.807) is 32.3 Å². The van der Waals surface area contributed by atoms with Crippen LogP contribution in [0.3, 0.4) is 0 Å². The molecule has 2 amide bonds. The highest BCUT2D eigenvalue weighted by molar-refractivity contribution is 6.38. The minimum absolute atomic E-state index is 0.320. The zero-order valence-corrected chi connectivity index (χ0v) is 10.4. The van der Waals surface area contributed by atoms with Crippen LogP contribution in [0.1, 0.15) is 5.56 Å². The number of halogens is 2. The molecule has 0 fully saturated rings. The van der Waals surface area contributed by atoms with Crippen LogP contribution >= 0.6 is 23.2 Å². The minimum atomic E-state index is -0.320. The van der Waals surface area contributed by atoms with Gasteiger partial charge in [0.15, 0.2) is 0 Å². The molecule has 0 aliphatic heterocycles. The van der Waals surface area contributed by atoms with Crippen LogP contribution in [-0.2, 0) is 0 Å². The fourth-order valence-corrected chi connectivity index (χ4v) is 1.38. The third-order valence-corrected chi connectivity index (χ3v) is 2.42. The molecule has 0 bridgehead atoms. The van der Waals surface area contributed by atoms with E-state index in [0.717, 1.165) is 0 Å². The molecule has 0 radical (unpaired) electrons. The lowest BCUT2D eigenvalue weighted by molar-refractivity contribution is 0.218. The Balaban J connectivity index is 2.74. The maximum atomic E-state index is 11.1. The molecule has 86 valence electrons. The smallest absolute Gasteiger partial charge is 0.329 e. The Morgan fingerprint density at radius 3 is 2.44 bits per heavy atom. The lowest BCUT2D eigenvalue weighted by Gasteiger charge is -2.08. The second-order valence-electron chi connectivity index (χ2n) is 3.20. The number of urea groups is 1. The molecule has 0 saturated heterocycles. The molecule has 0 aliphatic carbocycles. The van der Waals surface area contributed by atoms with Crippen molar-refractivity contribution < 1.29 is 4.79 Å². The van der Waals surface area contributed by atoms with Gasteiger partial charge in [-0.3, -0.25) is 0 Å². The fraction of sp³-hybridized carbons (Fsp3) is 0.200. The number of hydrazone groups is 1. The van der Waals surface area contributed by atoms with Crippen LogP contribution in [-0.4, -0.2) is 31.2 Å². The van der Waals surface area contributed by atoms with Gasteiger partial charge in [0.25, 0.3) is 0 Å². The highest BCUT2D eigenvalue weighted by atomic mass is 35.5. The monoisotopic (exact) mass is 259 g/mol. The Bertz CT molecular complexity index is 398. The summed E-state index contributed by atoms with van der Waals surface area (Å²) in [5, 5.41) is 4.71. The van der Waals surface area contributed by atoms with Crippen LogP contribution in [0.2, 0.25) is 10.0 Å². The van der Waals surface area contributed by atoms with Gasteiger partial charge < -0.3 is 4.90 Å². The molecular weight excluding hydrogens is 249 g/mol. The molecule has 1 N–H and O–H groups in total. The minimum Gasteiger partial charge on any atom is -0.329 e. The van der Waals surface area contributed by atoms with Crippen LogP contribution < -0.4 is 5.43 Å². The summed E-state index contributed by atoms with van der Waals surface area (Å²) in [6.07, 6.45) is 1.41. The van der Waals surface area contributed by atoms with Crippen molar-refractivity contribution in [1.82, 2.24) is 10.3 Å². The third kappa shape index (κ3) is 3.40. The Hall–Kier alpha value is -1.26. The summed E-state index contributed by atoms with van der Waals surface area (Å²) < 4.78 is 0. The lowest BCUT2D eigenvalue weighted by atomic mass is 10.2. The standard InChI is InChI=1S/C10H11Cl2N3O/c1-15(2)10(16)14-13-6-7-8(11)4-3-5-9(7)12/h3-6H,1-2H3,(H,14,16)/b13-6+. The Kier molecular flexibility index (Phi) is 4.58. The first-order valence-electron chi connectivity index (χ1n) is 4.46.